The number of amides is 1. The average Bonchev–Trinajstić information content (AvgIpc) is 2.31. The van der Waals surface area contributed by atoms with Gasteiger partial charge in [-0.15, -0.1) is 0 Å². The fourth-order valence-electron chi connectivity index (χ4n) is 1.95. The third-order valence-electron chi connectivity index (χ3n) is 2.91. The molecule has 1 aromatic rings. The van der Waals surface area contributed by atoms with E-state index in [0.717, 1.165) is 6.07 Å². The summed E-state index contributed by atoms with van der Waals surface area (Å²) in [5, 5.41) is 2.81. The third-order valence-corrected chi connectivity index (χ3v) is 4.29. The van der Waals surface area contributed by atoms with Gasteiger partial charge in [0.15, 0.2) is 0 Å². The lowest BCUT2D eigenvalue weighted by Crippen LogP contribution is -2.39. The second kappa shape index (κ2) is 5.48. The predicted octanol–water partition coefficient (Wildman–Crippen LogP) is 1.05. The zero-order valence-corrected chi connectivity index (χ0v) is 10.6. The van der Waals surface area contributed by atoms with Crippen molar-refractivity contribution in [3.63, 3.8) is 0 Å². The molecule has 98 valence electrons. The van der Waals surface area contributed by atoms with Gasteiger partial charge in [-0.3, -0.25) is 9.00 Å². The van der Waals surface area contributed by atoms with E-state index in [4.69, 9.17) is 5.73 Å². The number of carbonyl (C=O) groups excluding carboxylic acids is 1. The first kappa shape index (κ1) is 13.0. The molecule has 0 saturated carbocycles. The molecule has 3 N–H and O–H groups in total. The SMILES string of the molecule is Nc1cc(F)cc(C(=O)NC2CCS(=O)CC2)c1. The summed E-state index contributed by atoms with van der Waals surface area (Å²) < 4.78 is 24.3. The summed E-state index contributed by atoms with van der Waals surface area (Å²) in [7, 11) is -0.759. The highest BCUT2D eigenvalue weighted by Gasteiger charge is 2.20. The molecule has 1 aliphatic heterocycles. The number of benzene rings is 1. The molecule has 0 atom stereocenters. The number of rotatable bonds is 2. The molecule has 0 unspecified atom stereocenters. The molecule has 1 amide bonds. The number of nitrogen functional groups attached to an aromatic ring is 1. The van der Waals surface area contributed by atoms with Crippen LogP contribution in [0.25, 0.3) is 0 Å². The highest BCUT2D eigenvalue weighted by Crippen LogP contribution is 2.13. The standard InChI is InChI=1S/C12H15FN2O2S/c13-9-5-8(6-10(14)7-9)12(16)15-11-1-3-18(17)4-2-11/h5-7,11H,1-4,14H2,(H,15,16). The van der Waals surface area contributed by atoms with Crippen LogP contribution in [0, 0.1) is 5.82 Å². The Labute approximate surface area is 107 Å². The van der Waals surface area contributed by atoms with Crippen LogP contribution in [0.15, 0.2) is 18.2 Å². The van der Waals surface area contributed by atoms with Gasteiger partial charge < -0.3 is 11.1 Å². The van der Waals surface area contributed by atoms with Crippen molar-refractivity contribution in [2.45, 2.75) is 18.9 Å². The molecule has 0 spiro atoms. The first-order valence-corrected chi connectivity index (χ1v) is 7.25. The molecule has 0 aromatic heterocycles. The maximum atomic E-state index is 13.1. The molecule has 0 aliphatic carbocycles. The van der Waals surface area contributed by atoms with Gasteiger partial charge in [0.1, 0.15) is 5.82 Å². The van der Waals surface area contributed by atoms with Gasteiger partial charge in [-0.1, -0.05) is 0 Å². The Kier molecular flexibility index (Phi) is 3.96. The minimum atomic E-state index is -0.759. The molecular formula is C12H15FN2O2S. The van der Waals surface area contributed by atoms with E-state index in [1.54, 1.807) is 0 Å². The van der Waals surface area contributed by atoms with E-state index in [9.17, 15) is 13.4 Å². The van der Waals surface area contributed by atoms with Crippen LogP contribution in [0.5, 0.6) is 0 Å². The molecule has 1 aromatic carbocycles. The van der Waals surface area contributed by atoms with Crippen molar-refractivity contribution in [1.29, 1.82) is 0 Å². The van der Waals surface area contributed by atoms with Crippen molar-refractivity contribution in [2.24, 2.45) is 0 Å². The topological polar surface area (TPSA) is 72.2 Å². The second-order valence-electron chi connectivity index (χ2n) is 4.37. The van der Waals surface area contributed by atoms with Crippen LogP contribution >= 0.6 is 0 Å². The van der Waals surface area contributed by atoms with Crippen LogP contribution < -0.4 is 11.1 Å². The van der Waals surface area contributed by atoms with E-state index in [1.807, 2.05) is 0 Å². The van der Waals surface area contributed by atoms with Crippen LogP contribution in [-0.2, 0) is 10.8 Å². The molecule has 6 heteroatoms. The number of anilines is 1. The molecular weight excluding hydrogens is 255 g/mol. The molecule has 2 rings (SSSR count). The number of hydrogen-bond acceptors (Lipinski definition) is 3. The fraction of sp³-hybridized carbons (Fsp3) is 0.417. The largest absolute Gasteiger partial charge is 0.399 e. The highest BCUT2D eigenvalue weighted by molar-refractivity contribution is 7.85. The van der Waals surface area contributed by atoms with Crippen molar-refractivity contribution < 1.29 is 13.4 Å². The molecule has 0 bridgehead atoms. The molecule has 4 nitrogen and oxygen atoms in total. The normalized spacial score (nSPS) is 23.6. The third kappa shape index (κ3) is 3.29. The van der Waals surface area contributed by atoms with Crippen molar-refractivity contribution in [2.75, 3.05) is 17.2 Å². The Bertz CT molecular complexity index is 463. The quantitative estimate of drug-likeness (QED) is 0.789. The van der Waals surface area contributed by atoms with Gasteiger partial charge in [0.2, 0.25) is 0 Å². The van der Waals surface area contributed by atoms with Crippen LogP contribution in [-0.4, -0.2) is 27.7 Å². The van der Waals surface area contributed by atoms with E-state index in [1.165, 1.54) is 12.1 Å². The number of nitrogens with one attached hydrogen (secondary N) is 1. The second-order valence-corrected chi connectivity index (χ2v) is 6.07. The maximum absolute atomic E-state index is 13.1. The van der Waals surface area contributed by atoms with E-state index < -0.39 is 16.6 Å². The fourth-order valence-corrected chi connectivity index (χ4v) is 3.25. The Morgan fingerprint density at radius 1 is 1.33 bits per heavy atom. The maximum Gasteiger partial charge on any atom is 0.251 e. The summed E-state index contributed by atoms with van der Waals surface area (Å²) in [4.78, 5) is 11.9. The summed E-state index contributed by atoms with van der Waals surface area (Å²) in [6, 6.07) is 3.78. The molecule has 1 heterocycles. The van der Waals surface area contributed by atoms with Crippen molar-refractivity contribution in [1.82, 2.24) is 5.32 Å². The number of carbonyl (C=O) groups is 1. The van der Waals surface area contributed by atoms with E-state index in [-0.39, 0.29) is 23.2 Å². The molecule has 1 fully saturated rings. The first-order chi connectivity index (χ1) is 8.54. The van der Waals surface area contributed by atoms with Gasteiger partial charge in [-0.05, 0) is 31.0 Å². The summed E-state index contributed by atoms with van der Waals surface area (Å²) in [6.07, 6.45) is 1.40. The van der Waals surface area contributed by atoms with Crippen molar-refractivity contribution >= 4 is 22.4 Å². The lowest BCUT2D eigenvalue weighted by Gasteiger charge is -2.22. The number of hydrogen-bond donors (Lipinski definition) is 2. The van der Waals surface area contributed by atoms with E-state index in [2.05, 4.69) is 5.32 Å². The van der Waals surface area contributed by atoms with Gasteiger partial charge in [0, 0.05) is 39.6 Å². The zero-order valence-electron chi connectivity index (χ0n) is 9.82. The minimum absolute atomic E-state index is 0.0136. The van der Waals surface area contributed by atoms with Gasteiger partial charge in [0.25, 0.3) is 5.91 Å². The Balaban J connectivity index is 2.01. The van der Waals surface area contributed by atoms with Gasteiger partial charge in [-0.25, -0.2) is 4.39 Å². The van der Waals surface area contributed by atoms with Crippen molar-refractivity contribution in [3.05, 3.63) is 29.6 Å². The molecule has 0 radical (unpaired) electrons. The predicted molar refractivity (Wildman–Crippen MR) is 69.2 cm³/mol. The van der Waals surface area contributed by atoms with Gasteiger partial charge in [-0.2, -0.15) is 0 Å². The van der Waals surface area contributed by atoms with E-state index >= 15 is 0 Å². The van der Waals surface area contributed by atoms with Crippen molar-refractivity contribution in [3.8, 4) is 0 Å². The Hall–Kier alpha value is -1.43. The molecule has 1 saturated heterocycles. The summed E-state index contributed by atoms with van der Waals surface area (Å²) >= 11 is 0. The van der Waals surface area contributed by atoms with Crippen LogP contribution in [0.4, 0.5) is 10.1 Å². The minimum Gasteiger partial charge on any atom is -0.399 e. The Morgan fingerprint density at radius 3 is 2.61 bits per heavy atom. The first-order valence-electron chi connectivity index (χ1n) is 5.76. The summed E-state index contributed by atoms with van der Waals surface area (Å²) in [6.45, 7) is 0. The average molecular weight is 270 g/mol. The highest BCUT2D eigenvalue weighted by atomic mass is 32.2. The lowest BCUT2D eigenvalue weighted by atomic mass is 10.1. The van der Waals surface area contributed by atoms with Crippen LogP contribution in [0.2, 0.25) is 0 Å². The molecule has 18 heavy (non-hydrogen) atoms. The van der Waals surface area contributed by atoms with Crippen LogP contribution in [0.3, 0.4) is 0 Å². The summed E-state index contributed by atoms with van der Waals surface area (Å²) in [5.74, 6) is 0.357. The van der Waals surface area contributed by atoms with Gasteiger partial charge >= 0.3 is 0 Å². The zero-order chi connectivity index (χ0) is 13.1. The van der Waals surface area contributed by atoms with Gasteiger partial charge in [0.05, 0.1) is 0 Å². The lowest BCUT2D eigenvalue weighted by molar-refractivity contribution is 0.0934. The summed E-state index contributed by atoms with van der Waals surface area (Å²) in [5.41, 5.74) is 5.94. The van der Waals surface area contributed by atoms with Crippen LogP contribution in [0.1, 0.15) is 23.2 Å². The smallest absolute Gasteiger partial charge is 0.251 e. The van der Waals surface area contributed by atoms with E-state index in [0.29, 0.717) is 24.3 Å². The monoisotopic (exact) mass is 270 g/mol. The Morgan fingerprint density at radius 2 is 2.00 bits per heavy atom. The molecule has 1 aliphatic rings. The number of nitrogens with two attached hydrogens (primary N) is 1. The number of halogens is 1.